The quantitative estimate of drug-likeness (QED) is 0.850. The zero-order valence-corrected chi connectivity index (χ0v) is 13.7. The second-order valence-electron chi connectivity index (χ2n) is 6.52. The second kappa shape index (κ2) is 6.70. The largest absolute Gasteiger partial charge is 0.345 e. The first-order valence-electron chi connectivity index (χ1n) is 7.50. The average Bonchev–Trinajstić information content (AvgIpc) is 2.88. The molecule has 1 fully saturated rings. The van der Waals surface area contributed by atoms with Crippen LogP contribution in [0.4, 0.5) is 0 Å². The van der Waals surface area contributed by atoms with Crippen LogP contribution in [-0.4, -0.2) is 38.5 Å². The lowest BCUT2D eigenvalue weighted by Gasteiger charge is -2.37. The number of carbonyl (C=O) groups is 1. The van der Waals surface area contributed by atoms with Gasteiger partial charge in [-0.15, -0.1) is 0 Å². The summed E-state index contributed by atoms with van der Waals surface area (Å²) >= 11 is 1.97. The van der Waals surface area contributed by atoms with Crippen molar-refractivity contribution < 1.29 is 4.79 Å². The lowest BCUT2D eigenvalue weighted by Crippen LogP contribution is -2.46. The Bertz CT molecular complexity index is 422. The first kappa shape index (κ1) is 15.5. The number of piperidine rings is 1. The van der Waals surface area contributed by atoms with E-state index in [1.54, 1.807) is 0 Å². The summed E-state index contributed by atoms with van der Waals surface area (Å²) in [6, 6.07) is 4.35. The molecule has 1 amide bonds. The summed E-state index contributed by atoms with van der Waals surface area (Å²) in [7, 11) is 0. The number of likely N-dealkylation sites (tertiary alicyclic amines) is 1. The average molecular weight is 294 g/mol. The number of amides is 1. The number of hydrogen-bond donors (Lipinski definition) is 0. The molecule has 0 aliphatic carbocycles. The smallest absolute Gasteiger partial charge is 0.242 e. The molecule has 1 aromatic rings. The Labute approximate surface area is 126 Å². The van der Waals surface area contributed by atoms with Gasteiger partial charge in [0.2, 0.25) is 5.91 Å². The normalized spacial score (nSPS) is 20.1. The van der Waals surface area contributed by atoms with E-state index in [2.05, 4.69) is 25.7 Å². The predicted octanol–water partition coefficient (Wildman–Crippen LogP) is 3.40. The van der Waals surface area contributed by atoms with Crippen molar-refractivity contribution in [1.82, 2.24) is 9.47 Å². The molecule has 1 aliphatic heterocycles. The zero-order chi connectivity index (χ0) is 14.6. The number of carbonyl (C=O) groups excluding carboxylic acids is 1. The minimum Gasteiger partial charge on any atom is -0.345 e. The van der Waals surface area contributed by atoms with E-state index in [1.165, 1.54) is 6.42 Å². The monoisotopic (exact) mass is 294 g/mol. The first-order chi connectivity index (χ1) is 9.46. The van der Waals surface area contributed by atoms with Crippen LogP contribution >= 0.6 is 11.8 Å². The molecule has 0 aromatic carbocycles. The van der Waals surface area contributed by atoms with Gasteiger partial charge in [0, 0.05) is 35.5 Å². The minimum absolute atomic E-state index is 0.264. The predicted molar refractivity (Wildman–Crippen MR) is 86.0 cm³/mol. The van der Waals surface area contributed by atoms with Crippen LogP contribution in [0.3, 0.4) is 0 Å². The van der Waals surface area contributed by atoms with Crippen LogP contribution in [0.15, 0.2) is 24.5 Å². The van der Waals surface area contributed by atoms with E-state index in [9.17, 15) is 4.79 Å². The van der Waals surface area contributed by atoms with Crippen molar-refractivity contribution in [2.75, 3.05) is 12.3 Å². The van der Waals surface area contributed by atoms with Gasteiger partial charge in [-0.1, -0.05) is 20.8 Å². The van der Waals surface area contributed by atoms with E-state index in [1.807, 2.05) is 40.9 Å². The summed E-state index contributed by atoms with van der Waals surface area (Å²) in [5.74, 6) is 1.32. The van der Waals surface area contributed by atoms with E-state index in [0.717, 1.165) is 25.1 Å². The lowest BCUT2D eigenvalue weighted by molar-refractivity contribution is -0.134. The molecule has 4 heteroatoms. The van der Waals surface area contributed by atoms with Crippen molar-refractivity contribution >= 4 is 17.7 Å². The number of aromatic nitrogens is 1. The summed E-state index contributed by atoms with van der Waals surface area (Å²) in [5.41, 5.74) is 0. The van der Waals surface area contributed by atoms with Crippen molar-refractivity contribution in [3.05, 3.63) is 24.5 Å². The molecule has 1 atom stereocenters. The molecule has 3 nitrogen and oxygen atoms in total. The Morgan fingerprint density at radius 2 is 1.95 bits per heavy atom. The molecule has 0 radical (unpaired) electrons. The van der Waals surface area contributed by atoms with Crippen LogP contribution < -0.4 is 0 Å². The molecule has 0 unspecified atom stereocenters. The van der Waals surface area contributed by atoms with Crippen molar-refractivity contribution in [1.29, 1.82) is 0 Å². The van der Waals surface area contributed by atoms with E-state index in [-0.39, 0.29) is 10.7 Å². The summed E-state index contributed by atoms with van der Waals surface area (Å²) in [5, 5.41) is 0. The van der Waals surface area contributed by atoms with Gasteiger partial charge in [-0.3, -0.25) is 4.79 Å². The molecule has 1 saturated heterocycles. The second-order valence-corrected chi connectivity index (χ2v) is 8.36. The van der Waals surface area contributed by atoms with Gasteiger partial charge in [-0.05, 0) is 31.4 Å². The lowest BCUT2D eigenvalue weighted by atomic mass is 10.0. The van der Waals surface area contributed by atoms with Crippen molar-refractivity contribution in [2.24, 2.45) is 0 Å². The Morgan fingerprint density at radius 1 is 1.25 bits per heavy atom. The molecule has 112 valence electrons. The van der Waals surface area contributed by atoms with E-state index >= 15 is 0 Å². The molecule has 0 saturated carbocycles. The third-order valence-electron chi connectivity index (χ3n) is 3.64. The Hall–Kier alpha value is -0.900. The first-order valence-corrected chi connectivity index (χ1v) is 8.48. The van der Waals surface area contributed by atoms with Crippen LogP contribution in [0.1, 0.15) is 40.0 Å². The maximum absolute atomic E-state index is 12.5. The highest BCUT2D eigenvalue weighted by molar-refractivity contribution is 8.00. The molecule has 0 N–H and O–H groups in total. The van der Waals surface area contributed by atoms with Crippen molar-refractivity contribution in [2.45, 2.75) is 57.4 Å². The molecular formula is C16H26N2OS. The van der Waals surface area contributed by atoms with Gasteiger partial charge in [-0.25, -0.2) is 0 Å². The van der Waals surface area contributed by atoms with Gasteiger partial charge in [0.25, 0.3) is 0 Å². The fourth-order valence-corrected chi connectivity index (χ4v) is 3.61. The summed E-state index contributed by atoms with van der Waals surface area (Å²) in [4.78, 5) is 14.6. The van der Waals surface area contributed by atoms with Crippen LogP contribution in [0, 0.1) is 0 Å². The topological polar surface area (TPSA) is 25.2 Å². The van der Waals surface area contributed by atoms with E-state index in [4.69, 9.17) is 0 Å². The third-order valence-corrected chi connectivity index (χ3v) is 5.06. The fraction of sp³-hybridized carbons (Fsp3) is 0.688. The third kappa shape index (κ3) is 4.58. The molecule has 1 aromatic heterocycles. The molecule has 1 aliphatic rings. The van der Waals surface area contributed by atoms with Crippen LogP contribution in [0.2, 0.25) is 0 Å². The number of nitrogens with zero attached hydrogens (tertiary/aromatic N) is 2. The minimum atomic E-state index is 0.264. The molecule has 0 bridgehead atoms. The zero-order valence-electron chi connectivity index (χ0n) is 12.8. The van der Waals surface area contributed by atoms with Crippen LogP contribution in [0.5, 0.6) is 0 Å². The van der Waals surface area contributed by atoms with Gasteiger partial charge < -0.3 is 9.47 Å². The number of hydrogen-bond acceptors (Lipinski definition) is 2. The SMILES string of the molecule is CC(C)(C)SC[C@@H]1CCCCN1C(=O)Cn1cccc1. The van der Waals surface area contributed by atoms with Crippen LogP contribution in [-0.2, 0) is 11.3 Å². The highest BCUT2D eigenvalue weighted by Crippen LogP contribution is 2.28. The molecule has 20 heavy (non-hydrogen) atoms. The van der Waals surface area contributed by atoms with Crippen LogP contribution in [0.25, 0.3) is 0 Å². The Morgan fingerprint density at radius 3 is 2.60 bits per heavy atom. The van der Waals surface area contributed by atoms with Gasteiger partial charge in [0.1, 0.15) is 6.54 Å². The molecular weight excluding hydrogens is 268 g/mol. The highest BCUT2D eigenvalue weighted by atomic mass is 32.2. The Kier molecular flexibility index (Phi) is 5.19. The summed E-state index contributed by atoms with van der Waals surface area (Å²) in [6.07, 6.45) is 7.47. The maximum Gasteiger partial charge on any atom is 0.242 e. The molecule has 0 spiro atoms. The van der Waals surface area contributed by atoms with Gasteiger partial charge >= 0.3 is 0 Å². The van der Waals surface area contributed by atoms with Crippen molar-refractivity contribution in [3.63, 3.8) is 0 Å². The van der Waals surface area contributed by atoms with Crippen molar-refractivity contribution in [3.8, 4) is 0 Å². The van der Waals surface area contributed by atoms with E-state index in [0.29, 0.717) is 12.6 Å². The highest BCUT2D eigenvalue weighted by Gasteiger charge is 2.27. The number of thioether (sulfide) groups is 1. The maximum atomic E-state index is 12.5. The van der Waals surface area contributed by atoms with E-state index < -0.39 is 0 Å². The van der Waals surface area contributed by atoms with Gasteiger partial charge in [0.15, 0.2) is 0 Å². The van der Waals surface area contributed by atoms with Gasteiger partial charge in [-0.2, -0.15) is 11.8 Å². The number of rotatable bonds is 4. The molecule has 2 rings (SSSR count). The summed E-state index contributed by atoms with van der Waals surface area (Å²) < 4.78 is 2.23. The molecule has 2 heterocycles. The summed E-state index contributed by atoms with van der Waals surface area (Å²) in [6.45, 7) is 8.13. The standard InChI is InChI=1S/C16H26N2OS/c1-16(2,3)20-13-14-8-4-5-11-18(14)15(19)12-17-9-6-7-10-17/h6-7,9-10,14H,4-5,8,11-13H2,1-3H3/t14-/m0/s1. The Balaban J connectivity index is 1.93. The van der Waals surface area contributed by atoms with Gasteiger partial charge in [0.05, 0.1) is 0 Å². The fourth-order valence-electron chi connectivity index (χ4n) is 2.57.